The maximum atomic E-state index is 12.4. The van der Waals surface area contributed by atoms with Crippen molar-refractivity contribution in [3.63, 3.8) is 0 Å². The number of rotatable bonds is 9. The van der Waals surface area contributed by atoms with E-state index in [1.54, 1.807) is 24.3 Å². The van der Waals surface area contributed by atoms with Crippen LogP contribution >= 0.6 is 0 Å². The van der Waals surface area contributed by atoms with Crippen LogP contribution in [0.3, 0.4) is 0 Å². The van der Waals surface area contributed by atoms with Crippen molar-refractivity contribution in [2.75, 3.05) is 26.4 Å². The molecule has 27 heavy (non-hydrogen) atoms. The molecule has 1 amide bonds. The number of aryl methyl sites for hydroxylation is 1. The Labute approximate surface area is 161 Å². The van der Waals surface area contributed by atoms with Crippen molar-refractivity contribution >= 4 is 15.9 Å². The summed E-state index contributed by atoms with van der Waals surface area (Å²) in [5, 5.41) is 0. The number of carbonyl (C=O) groups is 1. The van der Waals surface area contributed by atoms with Crippen LogP contribution in [0.1, 0.15) is 23.1 Å². The van der Waals surface area contributed by atoms with Crippen molar-refractivity contribution in [1.82, 2.24) is 14.2 Å². The van der Waals surface area contributed by atoms with Crippen molar-refractivity contribution in [2.45, 2.75) is 26.3 Å². The summed E-state index contributed by atoms with van der Waals surface area (Å²) in [6, 6.07) is 11.5. The van der Waals surface area contributed by atoms with Gasteiger partial charge in [0.25, 0.3) is 0 Å². The van der Waals surface area contributed by atoms with Crippen LogP contribution in [0.15, 0.2) is 48.8 Å². The number of likely N-dealkylation sites (N-methyl/N-ethyl adjacent to an activating group) is 1. The molecule has 0 aliphatic carbocycles. The summed E-state index contributed by atoms with van der Waals surface area (Å²) in [5.41, 5.74) is 3.09. The fraction of sp³-hybridized carbons (Fsp3) is 0.400. The molecule has 0 aliphatic rings. The summed E-state index contributed by atoms with van der Waals surface area (Å²) >= 11 is 0. The van der Waals surface area contributed by atoms with Gasteiger partial charge in [0.2, 0.25) is 15.9 Å². The smallest absolute Gasteiger partial charge is 0.223 e. The summed E-state index contributed by atoms with van der Waals surface area (Å²) < 4.78 is 25.6. The lowest BCUT2D eigenvalue weighted by molar-refractivity contribution is -0.130. The molecule has 0 saturated carbocycles. The molecule has 2 aromatic rings. The van der Waals surface area contributed by atoms with E-state index in [1.807, 2.05) is 43.3 Å². The Balaban J connectivity index is 1.91. The van der Waals surface area contributed by atoms with E-state index in [0.717, 1.165) is 23.1 Å². The van der Waals surface area contributed by atoms with Gasteiger partial charge in [0.15, 0.2) is 0 Å². The molecule has 0 saturated heterocycles. The molecule has 1 aromatic carbocycles. The topological polar surface area (TPSA) is 70.6 Å². The first-order chi connectivity index (χ1) is 12.8. The van der Waals surface area contributed by atoms with Crippen LogP contribution in [0, 0.1) is 6.92 Å². The Morgan fingerprint density at radius 1 is 1.07 bits per heavy atom. The van der Waals surface area contributed by atoms with Gasteiger partial charge in [0.05, 0.1) is 6.26 Å². The highest BCUT2D eigenvalue weighted by atomic mass is 32.2. The lowest BCUT2D eigenvalue weighted by atomic mass is 10.1. The Kier molecular flexibility index (Phi) is 7.50. The second-order valence-corrected chi connectivity index (χ2v) is 8.68. The Hall–Kier alpha value is -2.25. The second kappa shape index (κ2) is 9.62. The van der Waals surface area contributed by atoms with Gasteiger partial charge in [0, 0.05) is 45.5 Å². The molecular weight excluding hydrogens is 362 g/mol. The highest BCUT2D eigenvalue weighted by molar-refractivity contribution is 7.88. The van der Waals surface area contributed by atoms with E-state index in [0.29, 0.717) is 6.54 Å². The zero-order chi connectivity index (χ0) is 19.9. The van der Waals surface area contributed by atoms with Gasteiger partial charge in [-0.25, -0.2) is 8.42 Å². The van der Waals surface area contributed by atoms with Gasteiger partial charge >= 0.3 is 0 Å². The Morgan fingerprint density at radius 2 is 1.74 bits per heavy atom. The van der Waals surface area contributed by atoms with E-state index < -0.39 is 10.0 Å². The van der Waals surface area contributed by atoms with E-state index in [9.17, 15) is 13.2 Å². The minimum Gasteiger partial charge on any atom is -0.345 e. The molecule has 2 rings (SSSR count). The summed E-state index contributed by atoms with van der Waals surface area (Å²) in [6.45, 7) is 2.98. The molecule has 0 aliphatic heterocycles. The van der Waals surface area contributed by atoms with Gasteiger partial charge in [-0.1, -0.05) is 24.3 Å². The maximum Gasteiger partial charge on any atom is 0.223 e. The van der Waals surface area contributed by atoms with E-state index in [-0.39, 0.29) is 25.4 Å². The fourth-order valence-corrected chi connectivity index (χ4v) is 3.52. The van der Waals surface area contributed by atoms with E-state index in [2.05, 4.69) is 4.98 Å². The number of hydrogen-bond acceptors (Lipinski definition) is 4. The average molecular weight is 390 g/mol. The van der Waals surface area contributed by atoms with Gasteiger partial charge < -0.3 is 4.90 Å². The third-order valence-electron chi connectivity index (χ3n) is 4.56. The summed E-state index contributed by atoms with van der Waals surface area (Å²) in [5.74, 6) is -0.0671. The van der Waals surface area contributed by atoms with E-state index >= 15 is 0 Å². The van der Waals surface area contributed by atoms with Crippen LogP contribution in [-0.2, 0) is 27.8 Å². The number of pyridine rings is 1. The number of benzene rings is 1. The fourth-order valence-electron chi connectivity index (χ4n) is 2.72. The molecule has 0 spiro atoms. The predicted molar refractivity (Wildman–Crippen MR) is 107 cm³/mol. The number of hydrogen-bond donors (Lipinski definition) is 0. The number of aromatic nitrogens is 1. The van der Waals surface area contributed by atoms with Crippen molar-refractivity contribution in [3.05, 3.63) is 65.5 Å². The molecule has 0 N–H and O–H groups in total. The highest BCUT2D eigenvalue weighted by Crippen LogP contribution is 2.13. The lowest BCUT2D eigenvalue weighted by Crippen LogP contribution is -2.35. The molecule has 7 heteroatoms. The van der Waals surface area contributed by atoms with Crippen LogP contribution in [0.5, 0.6) is 0 Å². The Bertz CT molecular complexity index is 854. The van der Waals surface area contributed by atoms with Crippen molar-refractivity contribution < 1.29 is 13.2 Å². The average Bonchev–Trinajstić information content (AvgIpc) is 2.64. The van der Waals surface area contributed by atoms with Crippen LogP contribution in [-0.4, -0.2) is 54.9 Å². The lowest BCUT2D eigenvalue weighted by Gasteiger charge is -2.23. The molecular formula is C20H27N3O3S. The standard InChI is InChI=1S/C20H27N3O3S/c1-17-6-4-5-7-19(17)16-23(27(3,25)26)15-11-20(24)22(2)14-10-18-8-12-21-13-9-18/h4-9,12-13H,10-11,14-16H2,1-3H3. The molecule has 0 bridgehead atoms. The third kappa shape index (κ3) is 6.77. The normalized spacial score (nSPS) is 11.6. The molecule has 1 aromatic heterocycles. The van der Waals surface area contributed by atoms with Crippen LogP contribution < -0.4 is 0 Å². The number of amides is 1. The van der Waals surface area contributed by atoms with E-state index in [1.165, 1.54) is 10.6 Å². The molecule has 0 radical (unpaired) electrons. The minimum absolute atomic E-state index is 0.0671. The molecule has 0 atom stereocenters. The third-order valence-corrected chi connectivity index (χ3v) is 5.81. The number of sulfonamides is 1. The predicted octanol–water partition coefficient (Wildman–Crippen LogP) is 2.24. The minimum atomic E-state index is -3.40. The quantitative estimate of drug-likeness (QED) is 0.659. The van der Waals surface area contributed by atoms with Crippen molar-refractivity contribution in [1.29, 1.82) is 0 Å². The molecule has 0 fully saturated rings. The van der Waals surface area contributed by atoms with Crippen LogP contribution in [0.2, 0.25) is 0 Å². The van der Waals surface area contributed by atoms with Gasteiger partial charge in [-0.05, 0) is 42.2 Å². The van der Waals surface area contributed by atoms with Crippen LogP contribution in [0.4, 0.5) is 0 Å². The summed E-state index contributed by atoms with van der Waals surface area (Å²) in [4.78, 5) is 18.0. The largest absolute Gasteiger partial charge is 0.345 e. The first-order valence-corrected chi connectivity index (χ1v) is 10.7. The van der Waals surface area contributed by atoms with E-state index in [4.69, 9.17) is 0 Å². The second-order valence-electron chi connectivity index (χ2n) is 6.69. The van der Waals surface area contributed by atoms with Gasteiger partial charge in [-0.15, -0.1) is 0 Å². The summed E-state index contributed by atoms with van der Waals surface area (Å²) in [7, 11) is -1.66. The molecule has 1 heterocycles. The van der Waals surface area contributed by atoms with Gasteiger partial charge in [-0.3, -0.25) is 9.78 Å². The Morgan fingerprint density at radius 3 is 2.37 bits per heavy atom. The monoisotopic (exact) mass is 389 g/mol. The van der Waals surface area contributed by atoms with Crippen molar-refractivity contribution in [3.8, 4) is 0 Å². The van der Waals surface area contributed by atoms with Gasteiger partial charge in [0.1, 0.15) is 0 Å². The zero-order valence-corrected chi connectivity index (χ0v) is 16.9. The molecule has 6 nitrogen and oxygen atoms in total. The molecule has 146 valence electrons. The number of carbonyl (C=O) groups excluding carboxylic acids is 1. The highest BCUT2D eigenvalue weighted by Gasteiger charge is 2.20. The first-order valence-electron chi connectivity index (χ1n) is 8.90. The van der Waals surface area contributed by atoms with Crippen molar-refractivity contribution in [2.24, 2.45) is 0 Å². The number of nitrogens with zero attached hydrogens (tertiary/aromatic N) is 3. The SMILES string of the molecule is Cc1ccccc1CN(CCC(=O)N(C)CCc1ccncc1)S(C)(=O)=O. The maximum absolute atomic E-state index is 12.4. The first kappa shape index (κ1) is 21.1. The molecule has 0 unspecified atom stereocenters. The van der Waals surface area contributed by atoms with Gasteiger partial charge in [-0.2, -0.15) is 4.31 Å². The summed E-state index contributed by atoms with van der Waals surface area (Å²) in [6.07, 6.45) is 5.54. The zero-order valence-electron chi connectivity index (χ0n) is 16.1. The van der Waals surface area contributed by atoms with Crippen LogP contribution in [0.25, 0.3) is 0 Å².